The van der Waals surface area contributed by atoms with Gasteiger partial charge in [0.1, 0.15) is 5.69 Å². The van der Waals surface area contributed by atoms with Crippen LogP contribution in [0.25, 0.3) is 0 Å². The number of hydrogen-bond acceptors (Lipinski definition) is 4. The minimum Gasteiger partial charge on any atom is -0.493 e. The Bertz CT molecular complexity index is 577. The average Bonchev–Trinajstić information content (AvgIpc) is 2.90. The maximum Gasteiger partial charge on any atom is 0.161 e. The van der Waals surface area contributed by atoms with Crippen LogP contribution >= 0.6 is 0 Å². The van der Waals surface area contributed by atoms with Gasteiger partial charge in [-0.3, -0.25) is 9.67 Å². The molecule has 0 amide bonds. The molecule has 2 aromatic heterocycles. The Hall–Kier alpha value is -1.88. The fourth-order valence-electron chi connectivity index (χ4n) is 2.38. The number of methoxy groups -OCH3 is 1. The van der Waals surface area contributed by atoms with Gasteiger partial charge in [0.05, 0.1) is 25.0 Å². The van der Waals surface area contributed by atoms with Crippen LogP contribution in [-0.2, 0) is 6.42 Å². The van der Waals surface area contributed by atoms with Gasteiger partial charge in [0, 0.05) is 12.2 Å². The average molecular weight is 274 g/mol. The fraction of sp³-hybridized carbons (Fsp3) is 0.467. The van der Waals surface area contributed by atoms with Crippen molar-refractivity contribution in [3.63, 3.8) is 0 Å². The predicted octanol–water partition coefficient (Wildman–Crippen LogP) is 2.48. The topological polar surface area (TPSA) is 66.0 Å². The maximum absolute atomic E-state index is 6.45. The zero-order valence-electron chi connectivity index (χ0n) is 12.5. The van der Waals surface area contributed by atoms with Crippen LogP contribution in [0.1, 0.15) is 49.8 Å². The van der Waals surface area contributed by atoms with Gasteiger partial charge in [0.15, 0.2) is 5.75 Å². The Morgan fingerprint density at radius 3 is 2.75 bits per heavy atom. The summed E-state index contributed by atoms with van der Waals surface area (Å²) < 4.78 is 7.30. The number of nitrogens with two attached hydrogens (primary N) is 1. The molecular formula is C15H22N4O. The molecule has 2 aromatic rings. The van der Waals surface area contributed by atoms with E-state index in [1.54, 1.807) is 19.5 Å². The van der Waals surface area contributed by atoms with Crippen molar-refractivity contribution in [2.24, 2.45) is 5.73 Å². The van der Waals surface area contributed by atoms with Crippen LogP contribution in [0, 0.1) is 0 Å². The first-order valence-corrected chi connectivity index (χ1v) is 6.90. The summed E-state index contributed by atoms with van der Waals surface area (Å²) in [6, 6.07) is 3.87. The molecule has 0 fully saturated rings. The normalized spacial score (nSPS) is 12.7. The molecule has 1 unspecified atom stereocenters. The van der Waals surface area contributed by atoms with Crippen molar-refractivity contribution in [2.45, 2.75) is 39.3 Å². The number of aryl methyl sites for hydroxylation is 1. The summed E-state index contributed by atoms with van der Waals surface area (Å²) in [5.41, 5.74) is 9.36. The number of aromatic nitrogens is 3. The van der Waals surface area contributed by atoms with Crippen LogP contribution in [0.4, 0.5) is 0 Å². The van der Waals surface area contributed by atoms with Crippen LogP contribution in [0.2, 0.25) is 0 Å². The van der Waals surface area contributed by atoms with E-state index in [-0.39, 0.29) is 12.1 Å². The van der Waals surface area contributed by atoms with Crippen LogP contribution in [-0.4, -0.2) is 21.9 Å². The van der Waals surface area contributed by atoms with Gasteiger partial charge < -0.3 is 10.5 Å². The minimum absolute atomic E-state index is 0.216. The van der Waals surface area contributed by atoms with Crippen LogP contribution in [0.15, 0.2) is 24.5 Å². The van der Waals surface area contributed by atoms with Gasteiger partial charge in [-0.1, -0.05) is 13.0 Å². The van der Waals surface area contributed by atoms with Gasteiger partial charge >= 0.3 is 0 Å². The number of rotatable bonds is 5. The van der Waals surface area contributed by atoms with Gasteiger partial charge in [-0.15, -0.1) is 0 Å². The van der Waals surface area contributed by atoms with Crippen LogP contribution in [0.5, 0.6) is 5.75 Å². The molecule has 0 aliphatic heterocycles. The molecule has 1 atom stereocenters. The van der Waals surface area contributed by atoms with E-state index in [4.69, 9.17) is 10.5 Å². The smallest absolute Gasteiger partial charge is 0.161 e. The van der Waals surface area contributed by atoms with Crippen molar-refractivity contribution in [1.82, 2.24) is 14.8 Å². The van der Waals surface area contributed by atoms with Crippen molar-refractivity contribution in [1.29, 1.82) is 0 Å². The molecule has 108 valence electrons. The highest BCUT2D eigenvalue weighted by molar-refractivity contribution is 5.36. The summed E-state index contributed by atoms with van der Waals surface area (Å²) in [7, 11) is 1.64. The number of pyridine rings is 1. The molecule has 2 rings (SSSR count). The lowest BCUT2D eigenvalue weighted by Crippen LogP contribution is -2.21. The van der Waals surface area contributed by atoms with Crippen molar-refractivity contribution in [2.75, 3.05) is 7.11 Å². The third-order valence-electron chi connectivity index (χ3n) is 3.40. The molecule has 0 radical (unpaired) electrons. The largest absolute Gasteiger partial charge is 0.493 e. The Labute approximate surface area is 119 Å². The van der Waals surface area contributed by atoms with Gasteiger partial charge in [-0.25, -0.2) is 0 Å². The predicted molar refractivity (Wildman–Crippen MR) is 78.8 cm³/mol. The van der Waals surface area contributed by atoms with Gasteiger partial charge in [-0.2, -0.15) is 5.10 Å². The number of hydrogen-bond donors (Lipinski definition) is 1. The zero-order chi connectivity index (χ0) is 14.7. The molecule has 20 heavy (non-hydrogen) atoms. The van der Waals surface area contributed by atoms with E-state index in [1.165, 1.54) is 0 Å². The fourth-order valence-corrected chi connectivity index (χ4v) is 2.38. The van der Waals surface area contributed by atoms with Crippen LogP contribution < -0.4 is 10.5 Å². The molecule has 0 saturated carbocycles. The summed E-state index contributed by atoms with van der Waals surface area (Å²) in [4.78, 5) is 4.46. The lowest BCUT2D eigenvalue weighted by molar-refractivity contribution is 0.400. The lowest BCUT2D eigenvalue weighted by atomic mass is 10.0. The molecule has 0 aromatic carbocycles. The molecule has 0 saturated heterocycles. The number of ether oxygens (including phenoxy) is 1. The second kappa shape index (κ2) is 6.05. The second-order valence-corrected chi connectivity index (χ2v) is 5.02. The Morgan fingerprint density at radius 2 is 2.15 bits per heavy atom. The maximum atomic E-state index is 6.45. The van der Waals surface area contributed by atoms with Gasteiger partial charge in [0.25, 0.3) is 0 Å². The summed E-state index contributed by atoms with van der Waals surface area (Å²) in [6.45, 7) is 6.24. The van der Waals surface area contributed by atoms with Gasteiger partial charge in [-0.05, 0) is 31.9 Å². The monoisotopic (exact) mass is 274 g/mol. The van der Waals surface area contributed by atoms with E-state index in [9.17, 15) is 0 Å². The van der Waals surface area contributed by atoms with Crippen molar-refractivity contribution < 1.29 is 4.74 Å². The lowest BCUT2D eigenvalue weighted by Gasteiger charge is -2.19. The molecule has 0 aliphatic carbocycles. The third kappa shape index (κ3) is 2.54. The van der Waals surface area contributed by atoms with E-state index in [0.29, 0.717) is 5.75 Å². The Kier molecular flexibility index (Phi) is 4.39. The van der Waals surface area contributed by atoms with Crippen LogP contribution in [0.3, 0.4) is 0 Å². The molecule has 2 N–H and O–H groups in total. The van der Waals surface area contributed by atoms with E-state index in [0.717, 1.165) is 23.4 Å². The highest BCUT2D eigenvalue weighted by Crippen LogP contribution is 2.30. The van der Waals surface area contributed by atoms with Crippen molar-refractivity contribution in [3.8, 4) is 5.75 Å². The minimum atomic E-state index is -0.342. The molecule has 0 spiro atoms. The zero-order valence-corrected chi connectivity index (χ0v) is 12.5. The Balaban J connectivity index is 2.52. The first-order valence-electron chi connectivity index (χ1n) is 6.90. The molecule has 0 aliphatic rings. The van der Waals surface area contributed by atoms with E-state index >= 15 is 0 Å². The van der Waals surface area contributed by atoms with E-state index < -0.39 is 0 Å². The first kappa shape index (κ1) is 14.5. The summed E-state index contributed by atoms with van der Waals surface area (Å²) in [5, 5.41) is 4.37. The summed E-state index contributed by atoms with van der Waals surface area (Å²) >= 11 is 0. The van der Waals surface area contributed by atoms with Crippen molar-refractivity contribution in [3.05, 3.63) is 41.5 Å². The molecule has 2 heterocycles. The highest BCUT2D eigenvalue weighted by atomic mass is 16.5. The number of nitrogens with zero attached hydrogens (tertiary/aromatic N) is 3. The summed E-state index contributed by atoms with van der Waals surface area (Å²) in [5.74, 6) is 0.707. The third-order valence-corrected chi connectivity index (χ3v) is 3.40. The Morgan fingerprint density at radius 1 is 1.40 bits per heavy atom. The molecule has 5 heteroatoms. The first-order chi connectivity index (χ1) is 9.60. The summed E-state index contributed by atoms with van der Waals surface area (Å²) in [6.07, 6.45) is 4.38. The van der Waals surface area contributed by atoms with Crippen molar-refractivity contribution >= 4 is 0 Å². The SMILES string of the molecule is CCc1cccnc1C(N)c1c(OC)cnn1C(C)C. The molecule has 0 bridgehead atoms. The highest BCUT2D eigenvalue weighted by Gasteiger charge is 2.24. The molecular weight excluding hydrogens is 252 g/mol. The second-order valence-electron chi connectivity index (χ2n) is 5.02. The van der Waals surface area contributed by atoms with E-state index in [1.807, 2.05) is 10.7 Å². The standard InChI is InChI=1S/C15H22N4O/c1-5-11-7-6-8-17-14(11)13(16)15-12(20-4)9-18-19(15)10(2)3/h6-10,13H,5,16H2,1-4H3. The quantitative estimate of drug-likeness (QED) is 0.909. The van der Waals surface area contributed by atoms with E-state index in [2.05, 4.69) is 36.9 Å². The molecule has 5 nitrogen and oxygen atoms in total. The van der Waals surface area contributed by atoms with Gasteiger partial charge in [0.2, 0.25) is 0 Å².